The lowest BCUT2D eigenvalue weighted by molar-refractivity contribution is 0.310. The molecule has 3 aromatic rings. The maximum absolute atomic E-state index is 13.5. The van der Waals surface area contributed by atoms with Crippen molar-refractivity contribution in [2.75, 3.05) is 38.2 Å². The summed E-state index contributed by atoms with van der Waals surface area (Å²) in [6.07, 6.45) is 3.53. The van der Waals surface area contributed by atoms with Gasteiger partial charge in [0, 0.05) is 25.2 Å². The van der Waals surface area contributed by atoms with Gasteiger partial charge in [-0.3, -0.25) is 4.98 Å². The molecule has 1 fully saturated rings. The number of fused-ring (bicyclic) bond motifs is 2. The number of hydrogen-bond acceptors (Lipinski definition) is 7. The van der Waals surface area contributed by atoms with Crippen molar-refractivity contribution in [3.8, 4) is 5.75 Å². The number of anilines is 1. The number of nitrogens with zero attached hydrogens (tertiary/aromatic N) is 4. The van der Waals surface area contributed by atoms with Crippen molar-refractivity contribution in [3.63, 3.8) is 0 Å². The largest absolute Gasteiger partial charge is 0.490 e. The minimum Gasteiger partial charge on any atom is -0.490 e. The second kappa shape index (κ2) is 7.00. The maximum atomic E-state index is 13.5. The highest BCUT2D eigenvalue weighted by Crippen LogP contribution is 2.35. The van der Waals surface area contributed by atoms with Crippen LogP contribution in [-0.4, -0.2) is 55.9 Å². The van der Waals surface area contributed by atoms with E-state index in [-0.39, 0.29) is 10.8 Å². The summed E-state index contributed by atoms with van der Waals surface area (Å²) in [7, 11) is -1.92. The monoisotopic (exact) mass is 413 g/mol. The molecule has 1 N–H and O–H groups in total. The van der Waals surface area contributed by atoms with Crippen LogP contribution < -0.4 is 15.0 Å². The first kappa shape index (κ1) is 18.4. The van der Waals surface area contributed by atoms with E-state index in [1.165, 1.54) is 0 Å². The van der Waals surface area contributed by atoms with Gasteiger partial charge in [0.15, 0.2) is 0 Å². The molecule has 152 valence electrons. The number of ether oxygens (including phenoxy) is 1. The van der Waals surface area contributed by atoms with Crippen LogP contribution in [0.2, 0.25) is 0 Å². The Bertz CT molecular complexity index is 1170. The summed E-state index contributed by atoms with van der Waals surface area (Å²) in [4.78, 5) is 6.68. The highest BCUT2D eigenvalue weighted by molar-refractivity contribution is 7.90. The van der Waals surface area contributed by atoms with E-state index in [9.17, 15) is 8.42 Å². The Morgan fingerprint density at radius 2 is 2.03 bits per heavy atom. The number of aromatic nitrogens is 3. The predicted molar refractivity (Wildman–Crippen MR) is 110 cm³/mol. The number of piperidine rings is 1. The fraction of sp³-hybridized carbons (Fsp3) is 0.400. The molecule has 2 aliphatic rings. The molecule has 9 heteroatoms. The van der Waals surface area contributed by atoms with Gasteiger partial charge in [0.2, 0.25) is 0 Å². The number of benzene rings is 1. The van der Waals surface area contributed by atoms with Gasteiger partial charge in [-0.1, -0.05) is 0 Å². The van der Waals surface area contributed by atoms with E-state index in [4.69, 9.17) is 4.74 Å². The predicted octanol–water partition coefficient (Wildman–Crippen LogP) is 1.96. The molecule has 2 aromatic heterocycles. The van der Waals surface area contributed by atoms with E-state index >= 15 is 0 Å². The third-order valence-corrected chi connectivity index (χ3v) is 7.30. The standard InChI is InChI=1S/C20H23N5O3S/c1-24-11-12-28-18-13-15(4-5-16(18)24)29(26,27)25-17-3-2-8-22-20(17)19(23-25)14-6-9-21-10-7-14/h2-5,8,13-14,21H,6-7,9-12H2,1H3. The zero-order chi connectivity index (χ0) is 20.0. The minimum absolute atomic E-state index is 0.164. The zero-order valence-corrected chi connectivity index (χ0v) is 17.0. The molecule has 0 unspecified atom stereocenters. The average molecular weight is 414 g/mol. The fourth-order valence-electron chi connectivity index (χ4n) is 4.10. The lowest BCUT2D eigenvalue weighted by Gasteiger charge is -2.27. The summed E-state index contributed by atoms with van der Waals surface area (Å²) in [5, 5.41) is 7.91. The molecular weight excluding hydrogens is 390 g/mol. The first-order chi connectivity index (χ1) is 14.1. The van der Waals surface area contributed by atoms with Gasteiger partial charge in [-0.25, -0.2) is 0 Å². The SMILES string of the molecule is CN1CCOc2cc(S(=O)(=O)n3nc(C4CCNCC4)c4ncccc43)ccc21. The third kappa shape index (κ3) is 3.05. The van der Waals surface area contributed by atoms with Crippen molar-refractivity contribution < 1.29 is 13.2 Å². The van der Waals surface area contributed by atoms with Crippen LogP contribution in [0.3, 0.4) is 0 Å². The molecular formula is C20H23N5O3S. The Balaban J connectivity index is 1.63. The van der Waals surface area contributed by atoms with Crippen LogP contribution in [-0.2, 0) is 10.0 Å². The van der Waals surface area contributed by atoms with E-state index in [2.05, 4.69) is 20.3 Å². The number of nitrogens with one attached hydrogen (secondary N) is 1. The molecule has 1 saturated heterocycles. The second-order valence-corrected chi connectivity index (χ2v) is 9.30. The molecule has 0 saturated carbocycles. The molecule has 0 aliphatic carbocycles. The molecule has 8 nitrogen and oxygen atoms in total. The molecule has 2 aliphatic heterocycles. The topological polar surface area (TPSA) is 89.4 Å². The first-order valence-corrected chi connectivity index (χ1v) is 11.3. The van der Waals surface area contributed by atoms with Gasteiger partial charge in [-0.15, -0.1) is 0 Å². The van der Waals surface area contributed by atoms with Crippen LogP contribution in [0.1, 0.15) is 24.5 Å². The Hall–Kier alpha value is -2.65. The lowest BCUT2D eigenvalue weighted by atomic mass is 9.94. The Morgan fingerprint density at radius 1 is 1.21 bits per heavy atom. The van der Waals surface area contributed by atoms with Gasteiger partial charge in [-0.2, -0.15) is 17.6 Å². The van der Waals surface area contributed by atoms with Crippen molar-refractivity contribution in [1.82, 2.24) is 19.5 Å². The fourth-order valence-corrected chi connectivity index (χ4v) is 5.40. The van der Waals surface area contributed by atoms with Crippen molar-refractivity contribution in [3.05, 3.63) is 42.2 Å². The Labute approximate surface area is 169 Å². The van der Waals surface area contributed by atoms with Gasteiger partial charge in [0.25, 0.3) is 10.0 Å². The summed E-state index contributed by atoms with van der Waals surface area (Å²) in [6.45, 7) is 3.10. The highest BCUT2D eigenvalue weighted by Gasteiger charge is 2.29. The smallest absolute Gasteiger partial charge is 0.283 e. The van der Waals surface area contributed by atoms with E-state index in [0.29, 0.717) is 23.4 Å². The molecule has 0 bridgehead atoms. The molecule has 5 rings (SSSR count). The third-order valence-electron chi connectivity index (χ3n) is 5.71. The lowest BCUT2D eigenvalue weighted by Crippen LogP contribution is -2.29. The summed E-state index contributed by atoms with van der Waals surface area (Å²) >= 11 is 0. The number of hydrogen-bond donors (Lipinski definition) is 1. The van der Waals surface area contributed by atoms with Crippen LogP contribution in [0.4, 0.5) is 5.69 Å². The van der Waals surface area contributed by atoms with Crippen LogP contribution >= 0.6 is 0 Å². The van der Waals surface area contributed by atoms with Gasteiger partial charge in [-0.05, 0) is 50.2 Å². The highest BCUT2D eigenvalue weighted by atomic mass is 32.2. The Kier molecular flexibility index (Phi) is 4.44. The van der Waals surface area contributed by atoms with Crippen LogP contribution in [0.25, 0.3) is 11.0 Å². The maximum Gasteiger partial charge on any atom is 0.283 e. The normalized spacial score (nSPS) is 17.9. The van der Waals surface area contributed by atoms with Crippen molar-refractivity contribution in [2.24, 2.45) is 0 Å². The summed E-state index contributed by atoms with van der Waals surface area (Å²) in [5.74, 6) is 0.776. The van der Waals surface area contributed by atoms with Crippen molar-refractivity contribution >= 4 is 26.7 Å². The quantitative estimate of drug-likeness (QED) is 0.702. The number of likely N-dealkylation sites (N-methyl/N-ethyl adjacent to an activating group) is 1. The molecule has 29 heavy (non-hydrogen) atoms. The van der Waals surface area contributed by atoms with Gasteiger partial charge >= 0.3 is 0 Å². The van der Waals surface area contributed by atoms with Gasteiger partial charge in [0.05, 0.1) is 22.8 Å². The minimum atomic E-state index is -3.88. The number of pyridine rings is 1. The van der Waals surface area contributed by atoms with Crippen LogP contribution in [0, 0.1) is 0 Å². The second-order valence-electron chi connectivity index (χ2n) is 7.53. The van der Waals surface area contributed by atoms with Crippen LogP contribution in [0.5, 0.6) is 5.75 Å². The molecule has 1 aromatic carbocycles. The average Bonchev–Trinajstić information content (AvgIpc) is 3.15. The summed E-state index contributed by atoms with van der Waals surface area (Å²) in [5.41, 5.74) is 2.82. The number of rotatable bonds is 3. The molecule has 0 radical (unpaired) electrons. The van der Waals surface area contributed by atoms with Gasteiger partial charge < -0.3 is 15.0 Å². The summed E-state index contributed by atoms with van der Waals surface area (Å²) < 4.78 is 33.8. The van der Waals surface area contributed by atoms with Crippen molar-refractivity contribution in [1.29, 1.82) is 0 Å². The summed E-state index contributed by atoms with van der Waals surface area (Å²) in [6, 6.07) is 8.51. The van der Waals surface area contributed by atoms with Crippen LogP contribution in [0.15, 0.2) is 41.4 Å². The van der Waals surface area contributed by atoms with E-state index in [1.54, 1.807) is 36.5 Å². The molecule has 0 atom stereocenters. The molecule has 4 heterocycles. The van der Waals surface area contributed by atoms with E-state index in [0.717, 1.165) is 47.9 Å². The van der Waals surface area contributed by atoms with E-state index in [1.807, 2.05) is 7.05 Å². The Morgan fingerprint density at radius 3 is 2.86 bits per heavy atom. The molecule has 0 spiro atoms. The van der Waals surface area contributed by atoms with E-state index < -0.39 is 10.0 Å². The zero-order valence-electron chi connectivity index (χ0n) is 16.2. The van der Waals surface area contributed by atoms with Crippen molar-refractivity contribution in [2.45, 2.75) is 23.7 Å². The first-order valence-electron chi connectivity index (χ1n) is 9.83. The van der Waals surface area contributed by atoms with Gasteiger partial charge in [0.1, 0.15) is 23.4 Å². The molecule has 0 amide bonds.